The number of amides is 2. The van der Waals surface area contributed by atoms with E-state index < -0.39 is 0 Å². The minimum absolute atomic E-state index is 0.0899. The van der Waals surface area contributed by atoms with Crippen LogP contribution in [0.3, 0.4) is 0 Å². The maximum Gasteiger partial charge on any atom is 0.255 e. The first-order chi connectivity index (χ1) is 8.63. The lowest BCUT2D eigenvalue weighted by Gasteiger charge is -2.20. The Morgan fingerprint density at radius 2 is 1.83 bits per heavy atom. The van der Waals surface area contributed by atoms with Crippen molar-refractivity contribution in [2.24, 2.45) is 5.73 Å². The Balaban J connectivity index is 3.01. The molecule has 2 amide bonds. The fraction of sp³-hybridized carbons (Fsp3) is 0.385. The number of nitrogens with zero attached hydrogens (tertiary/aromatic N) is 1. The minimum atomic E-state index is -0.310. The standard InChI is InChI=1S/C13H19N3O2/c1-3-16(4-2)13(18)10-7-5-6-8-11(10)15-12(17)9-14/h5-8H,3-4,9,14H2,1-2H3,(H,15,17). The Hall–Kier alpha value is -1.88. The first kappa shape index (κ1) is 14.2. The molecule has 3 N–H and O–H groups in total. The number of nitrogens with one attached hydrogen (secondary N) is 1. The van der Waals surface area contributed by atoms with Gasteiger partial charge in [0, 0.05) is 13.1 Å². The molecule has 0 spiro atoms. The van der Waals surface area contributed by atoms with Gasteiger partial charge in [0.25, 0.3) is 5.91 Å². The summed E-state index contributed by atoms with van der Waals surface area (Å²) in [6, 6.07) is 6.94. The molecule has 0 bridgehead atoms. The second-order valence-electron chi connectivity index (χ2n) is 3.78. The van der Waals surface area contributed by atoms with E-state index in [1.54, 1.807) is 29.2 Å². The largest absolute Gasteiger partial charge is 0.339 e. The van der Waals surface area contributed by atoms with E-state index in [2.05, 4.69) is 5.32 Å². The van der Waals surface area contributed by atoms with E-state index in [1.165, 1.54) is 0 Å². The van der Waals surface area contributed by atoms with Gasteiger partial charge in [-0.1, -0.05) is 12.1 Å². The molecular weight excluding hydrogens is 230 g/mol. The lowest BCUT2D eigenvalue weighted by Crippen LogP contribution is -2.31. The number of hydrogen-bond acceptors (Lipinski definition) is 3. The fourth-order valence-corrected chi connectivity index (χ4v) is 1.66. The molecule has 1 aromatic rings. The summed E-state index contributed by atoms with van der Waals surface area (Å²) in [5, 5.41) is 2.63. The molecule has 0 radical (unpaired) electrons. The summed E-state index contributed by atoms with van der Waals surface area (Å²) < 4.78 is 0. The van der Waals surface area contributed by atoms with Crippen LogP contribution in [0.4, 0.5) is 5.69 Å². The van der Waals surface area contributed by atoms with Crippen LogP contribution in [0.25, 0.3) is 0 Å². The second-order valence-corrected chi connectivity index (χ2v) is 3.78. The Kier molecular flexibility index (Phi) is 5.32. The number of carbonyl (C=O) groups is 2. The van der Waals surface area contributed by atoms with Crippen molar-refractivity contribution in [3.63, 3.8) is 0 Å². The Morgan fingerprint density at radius 1 is 1.22 bits per heavy atom. The lowest BCUT2D eigenvalue weighted by molar-refractivity contribution is -0.114. The number of anilines is 1. The van der Waals surface area contributed by atoms with Crippen molar-refractivity contribution in [2.75, 3.05) is 25.0 Å². The molecule has 0 aliphatic rings. The SMILES string of the molecule is CCN(CC)C(=O)c1ccccc1NC(=O)CN. The summed E-state index contributed by atoms with van der Waals surface area (Å²) in [6.07, 6.45) is 0. The summed E-state index contributed by atoms with van der Waals surface area (Å²) in [6.45, 7) is 5.00. The van der Waals surface area contributed by atoms with Crippen molar-refractivity contribution >= 4 is 17.5 Å². The average molecular weight is 249 g/mol. The van der Waals surface area contributed by atoms with E-state index in [9.17, 15) is 9.59 Å². The van der Waals surface area contributed by atoms with Gasteiger partial charge < -0.3 is 16.0 Å². The molecule has 1 aromatic carbocycles. The molecule has 18 heavy (non-hydrogen) atoms. The molecule has 5 heteroatoms. The van der Waals surface area contributed by atoms with Crippen molar-refractivity contribution < 1.29 is 9.59 Å². The average Bonchev–Trinajstić information content (AvgIpc) is 2.40. The summed E-state index contributed by atoms with van der Waals surface area (Å²) in [5.41, 5.74) is 6.24. The van der Waals surface area contributed by atoms with Gasteiger partial charge >= 0.3 is 0 Å². The third kappa shape index (κ3) is 3.30. The Labute approximate surface area is 107 Å². The zero-order chi connectivity index (χ0) is 13.5. The molecule has 0 fully saturated rings. The highest BCUT2D eigenvalue weighted by atomic mass is 16.2. The number of rotatable bonds is 5. The van der Waals surface area contributed by atoms with Crippen LogP contribution in [-0.2, 0) is 4.79 Å². The van der Waals surface area contributed by atoms with Gasteiger partial charge in [0.1, 0.15) is 0 Å². The van der Waals surface area contributed by atoms with Crippen LogP contribution in [0, 0.1) is 0 Å². The first-order valence-corrected chi connectivity index (χ1v) is 6.02. The lowest BCUT2D eigenvalue weighted by atomic mass is 10.1. The van der Waals surface area contributed by atoms with Gasteiger partial charge in [-0.15, -0.1) is 0 Å². The molecule has 0 unspecified atom stereocenters. The number of nitrogens with two attached hydrogens (primary N) is 1. The van der Waals surface area contributed by atoms with E-state index in [1.807, 2.05) is 13.8 Å². The minimum Gasteiger partial charge on any atom is -0.339 e. The van der Waals surface area contributed by atoms with Gasteiger partial charge in [-0.3, -0.25) is 9.59 Å². The highest BCUT2D eigenvalue weighted by molar-refractivity contribution is 6.04. The molecule has 0 aliphatic carbocycles. The molecule has 98 valence electrons. The van der Waals surface area contributed by atoms with Crippen LogP contribution >= 0.6 is 0 Å². The van der Waals surface area contributed by atoms with E-state index in [0.717, 1.165) is 0 Å². The van der Waals surface area contributed by atoms with Crippen molar-refractivity contribution in [1.82, 2.24) is 4.90 Å². The van der Waals surface area contributed by atoms with Gasteiger partial charge in [-0.25, -0.2) is 0 Å². The predicted octanol–water partition coefficient (Wildman–Crippen LogP) is 1.07. The molecule has 0 saturated carbocycles. The molecule has 0 aromatic heterocycles. The number of benzene rings is 1. The first-order valence-electron chi connectivity index (χ1n) is 6.02. The Bertz CT molecular complexity index is 428. The molecule has 5 nitrogen and oxygen atoms in total. The monoisotopic (exact) mass is 249 g/mol. The third-order valence-electron chi connectivity index (χ3n) is 2.67. The molecule has 1 rings (SSSR count). The van der Waals surface area contributed by atoms with Gasteiger partial charge in [-0.05, 0) is 26.0 Å². The van der Waals surface area contributed by atoms with E-state index in [-0.39, 0.29) is 18.4 Å². The quantitative estimate of drug-likeness (QED) is 0.819. The van der Waals surface area contributed by atoms with Gasteiger partial charge in [-0.2, -0.15) is 0 Å². The molecule has 0 atom stereocenters. The zero-order valence-electron chi connectivity index (χ0n) is 10.8. The van der Waals surface area contributed by atoms with Crippen LogP contribution in [0.2, 0.25) is 0 Å². The van der Waals surface area contributed by atoms with Crippen LogP contribution in [0.1, 0.15) is 24.2 Å². The topological polar surface area (TPSA) is 75.4 Å². The van der Waals surface area contributed by atoms with Gasteiger partial charge in [0.2, 0.25) is 5.91 Å². The highest BCUT2D eigenvalue weighted by Gasteiger charge is 2.16. The van der Waals surface area contributed by atoms with Crippen molar-refractivity contribution in [3.05, 3.63) is 29.8 Å². The van der Waals surface area contributed by atoms with Crippen LogP contribution < -0.4 is 11.1 Å². The smallest absolute Gasteiger partial charge is 0.255 e. The highest BCUT2D eigenvalue weighted by Crippen LogP contribution is 2.17. The molecular formula is C13H19N3O2. The zero-order valence-corrected chi connectivity index (χ0v) is 10.8. The van der Waals surface area contributed by atoms with Gasteiger partial charge in [0.05, 0.1) is 17.8 Å². The van der Waals surface area contributed by atoms with Crippen LogP contribution in [-0.4, -0.2) is 36.3 Å². The normalized spacial score (nSPS) is 9.94. The summed E-state index contributed by atoms with van der Waals surface area (Å²) in [5.74, 6) is -0.400. The number of para-hydroxylation sites is 1. The predicted molar refractivity (Wildman–Crippen MR) is 71.4 cm³/mol. The molecule has 0 heterocycles. The van der Waals surface area contributed by atoms with Crippen LogP contribution in [0.5, 0.6) is 0 Å². The second kappa shape index (κ2) is 6.76. The fourth-order valence-electron chi connectivity index (χ4n) is 1.66. The molecule has 0 saturated heterocycles. The maximum atomic E-state index is 12.2. The summed E-state index contributed by atoms with van der Waals surface area (Å²) in [7, 11) is 0. The third-order valence-corrected chi connectivity index (χ3v) is 2.67. The maximum absolute atomic E-state index is 12.2. The van der Waals surface area contributed by atoms with Crippen molar-refractivity contribution in [3.8, 4) is 0 Å². The van der Waals surface area contributed by atoms with Gasteiger partial charge in [0.15, 0.2) is 0 Å². The summed E-state index contributed by atoms with van der Waals surface area (Å²) in [4.78, 5) is 25.2. The number of carbonyl (C=O) groups excluding carboxylic acids is 2. The van der Waals surface area contributed by atoms with Crippen molar-refractivity contribution in [2.45, 2.75) is 13.8 Å². The van der Waals surface area contributed by atoms with Crippen LogP contribution in [0.15, 0.2) is 24.3 Å². The Morgan fingerprint density at radius 3 is 2.39 bits per heavy atom. The number of hydrogen-bond donors (Lipinski definition) is 2. The molecule has 0 aliphatic heterocycles. The van der Waals surface area contributed by atoms with E-state index in [0.29, 0.717) is 24.3 Å². The van der Waals surface area contributed by atoms with E-state index in [4.69, 9.17) is 5.73 Å². The van der Waals surface area contributed by atoms with E-state index >= 15 is 0 Å². The van der Waals surface area contributed by atoms with Crippen molar-refractivity contribution in [1.29, 1.82) is 0 Å². The summed E-state index contributed by atoms with van der Waals surface area (Å²) >= 11 is 0.